The van der Waals surface area contributed by atoms with Crippen molar-refractivity contribution in [3.63, 3.8) is 0 Å². The smallest absolute Gasteiger partial charge is 0.172 e. The van der Waals surface area contributed by atoms with Crippen molar-refractivity contribution in [2.24, 2.45) is 21.2 Å². The van der Waals surface area contributed by atoms with E-state index in [1.165, 1.54) is 0 Å². The molecular weight excluding hydrogens is 231 g/mol. The molecule has 1 aromatic carbocycles. The number of halogens is 1. The van der Waals surface area contributed by atoms with Crippen molar-refractivity contribution in [2.45, 2.75) is 13.1 Å². The molecule has 0 fully saturated rings. The number of benzene rings is 1. The second-order valence-electron chi connectivity index (χ2n) is 4.48. The van der Waals surface area contributed by atoms with E-state index in [9.17, 15) is 4.39 Å². The molecule has 0 aromatic heterocycles. The standard InChI is InChI=1S/C13H13FN4/c1-8-10-11(14)12(9-6-4-3-5-7-9)15-16-13(10)18(2)17-8/h3-7,10,13H,1-2H3. The van der Waals surface area contributed by atoms with Gasteiger partial charge in [0.25, 0.3) is 0 Å². The molecule has 92 valence electrons. The molecule has 2 atom stereocenters. The van der Waals surface area contributed by atoms with E-state index in [0.29, 0.717) is 5.70 Å². The number of nitrogens with zero attached hydrogens (tertiary/aromatic N) is 4. The molecule has 3 rings (SSSR count). The minimum atomic E-state index is -0.400. The highest BCUT2D eigenvalue weighted by Crippen LogP contribution is 2.38. The van der Waals surface area contributed by atoms with Gasteiger partial charge in [-0.2, -0.15) is 15.3 Å². The van der Waals surface area contributed by atoms with E-state index < -0.39 is 5.92 Å². The molecule has 18 heavy (non-hydrogen) atoms. The minimum absolute atomic E-state index is 0.244. The lowest BCUT2D eigenvalue weighted by molar-refractivity contribution is 0.242. The first kappa shape index (κ1) is 11.1. The number of rotatable bonds is 1. The van der Waals surface area contributed by atoms with Gasteiger partial charge in [-0.25, -0.2) is 4.39 Å². The van der Waals surface area contributed by atoms with Gasteiger partial charge in [-0.1, -0.05) is 30.3 Å². The Balaban J connectivity index is 2.06. The molecule has 0 bridgehead atoms. The molecule has 2 aliphatic heterocycles. The lowest BCUT2D eigenvalue weighted by Gasteiger charge is -2.23. The van der Waals surface area contributed by atoms with Crippen LogP contribution in [0.25, 0.3) is 5.70 Å². The van der Waals surface area contributed by atoms with Crippen LogP contribution >= 0.6 is 0 Å². The van der Waals surface area contributed by atoms with E-state index in [1.807, 2.05) is 37.3 Å². The molecule has 0 amide bonds. The van der Waals surface area contributed by atoms with Gasteiger partial charge >= 0.3 is 0 Å². The second-order valence-corrected chi connectivity index (χ2v) is 4.48. The zero-order valence-corrected chi connectivity index (χ0v) is 10.2. The van der Waals surface area contributed by atoms with Crippen LogP contribution in [0.15, 0.2) is 51.5 Å². The molecule has 0 spiro atoms. The Hall–Kier alpha value is -2.04. The van der Waals surface area contributed by atoms with Crippen molar-refractivity contribution in [1.29, 1.82) is 0 Å². The molecule has 0 saturated heterocycles. The van der Waals surface area contributed by atoms with Gasteiger partial charge in [0, 0.05) is 18.3 Å². The van der Waals surface area contributed by atoms with E-state index in [4.69, 9.17) is 0 Å². The van der Waals surface area contributed by atoms with Crippen molar-refractivity contribution in [3.05, 3.63) is 41.7 Å². The van der Waals surface area contributed by atoms with Crippen LogP contribution in [0.5, 0.6) is 0 Å². The van der Waals surface area contributed by atoms with Crippen LogP contribution in [0.3, 0.4) is 0 Å². The predicted octanol–water partition coefficient (Wildman–Crippen LogP) is 3.05. The first-order chi connectivity index (χ1) is 8.68. The highest BCUT2D eigenvalue weighted by molar-refractivity contribution is 5.90. The van der Waals surface area contributed by atoms with Crippen LogP contribution in [0.2, 0.25) is 0 Å². The fraction of sp³-hybridized carbons (Fsp3) is 0.308. The fourth-order valence-electron chi connectivity index (χ4n) is 2.36. The summed E-state index contributed by atoms with van der Waals surface area (Å²) in [6, 6.07) is 9.28. The highest BCUT2D eigenvalue weighted by atomic mass is 19.1. The molecule has 0 N–H and O–H groups in total. The highest BCUT2D eigenvalue weighted by Gasteiger charge is 2.40. The van der Waals surface area contributed by atoms with Crippen LogP contribution in [-0.2, 0) is 0 Å². The second kappa shape index (κ2) is 4.01. The fourth-order valence-corrected chi connectivity index (χ4v) is 2.36. The largest absolute Gasteiger partial charge is 0.273 e. The van der Waals surface area contributed by atoms with Crippen molar-refractivity contribution in [3.8, 4) is 0 Å². The van der Waals surface area contributed by atoms with Gasteiger partial charge in [0.15, 0.2) is 6.17 Å². The summed E-state index contributed by atoms with van der Waals surface area (Å²) in [4.78, 5) is 0. The van der Waals surface area contributed by atoms with Crippen LogP contribution < -0.4 is 0 Å². The first-order valence-electron chi connectivity index (χ1n) is 5.82. The summed E-state index contributed by atoms with van der Waals surface area (Å²) in [6.45, 7) is 1.82. The van der Waals surface area contributed by atoms with E-state index in [1.54, 1.807) is 12.1 Å². The van der Waals surface area contributed by atoms with E-state index in [2.05, 4.69) is 15.3 Å². The Morgan fingerprint density at radius 1 is 1.22 bits per heavy atom. The number of hydrazone groups is 1. The molecular formula is C13H13FN4. The SMILES string of the molecule is CC1=NN(C)C2N=NC(c3ccccc3)=C(F)C12. The van der Waals surface area contributed by atoms with Crippen LogP contribution in [0, 0.1) is 5.92 Å². The summed E-state index contributed by atoms with van der Waals surface area (Å²) in [7, 11) is 1.79. The topological polar surface area (TPSA) is 40.3 Å². The molecule has 2 aliphatic rings. The first-order valence-corrected chi connectivity index (χ1v) is 5.82. The summed E-state index contributed by atoms with van der Waals surface area (Å²) in [6.07, 6.45) is -0.336. The summed E-state index contributed by atoms with van der Waals surface area (Å²) in [5.74, 6) is -0.644. The number of hydrogen-bond acceptors (Lipinski definition) is 4. The van der Waals surface area contributed by atoms with Gasteiger partial charge in [0.1, 0.15) is 11.5 Å². The Kier molecular flexibility index (Phi) is 2.47. The average molecular weight is 244 g/mol. The van der Waals surface area contributed by atoms with E-state index in [-0.39, 0.29) is 12.0 Å². The van der Waals surface area contributed by atoms with Gasteiger partial charge in [0.05, 0.1) is 5.92 Å². The quantitative estimate of drug-likeness (QED) is 0.748. The lowest BCUT2D eigenvalue weighted by atomic mass is 9.96. The summed E-state index contributed by atoms with van der Waals surface area (Å²) in [5, 5.41) is 14.1. The molecule has 1 aromatic rings. The van der Waals surface area contributed by atoms with Crippen molar-refractivity contribution in [2.75, 3.05) is 7.05 Å². The van der Waals surface area contributed by atoms with E-state index >= 15 is 0 Å². The Morgan fingerprint density at radius 3 is 2.67 bits per heavy atom. The molecule has 2 unspecified atom stereocenters. The third kappa shape index (κ3) is 1.54. The molecule has 0 saturated carbocycles. The normalized spacial score (nSPS) is 26.4. The Morgan fingerprint density at radius 2 is 1.94 bits per heavy atom. The van der Waals surface area contributed by atoms with Gasteiger partial charge < -0.3 is 0 Å². The Bertz CT molecular complexity index is 562. The van der Waals surface area contributed by atoms with Gasteiger partial charge in [-0.15, -0.1) is 0 Å². The number of fused-ring (bicyclic) bond motifs is 1. The molecule has 0 aliphatic carbocycles. The molecule has 5 heteroatoms. The van der Waals surface area contributed by atoms with Crippen molar-refractivity contribution < 1.29 is 4.39 Å². The van der Waals surface area contributed by atoms with Crippen molar-refractivity contribution >= 4 is 11.4 Å². The van der Waals surface area contributed by atoms with Crippen LogP contribution in [0.1, 0.15) is 12.5 Å². The molecule has 4 nitrogen and oxygen atoms in total. The van der Waals surface area contributed by atoms with Gasteiger partial charge in [-0.05, 0) is 6.92 Å². The summed E-state index contributed by atoms with van der Waals surface area (Å²) >= 11 is 0. The van der Waals surface area contributed by atoms with Crippen molar-refractivity contribution in [1.82, 2.24) is 5.01 Å². The maximum Gasteiger partial charge on any atom is 0.172 e. The maximum atomic E-state index is 14.5. The van der Waals surface area contributed by atoms with E-state index in [0.717, 1.165) is 11.3 Å². The zero-order chi connectivity index (χ0) is 12.7. The molecule has 0 radical (unpaired) electrons. The lowest BCUT2D eigenvalue weighted by Crippen LogP contribution is -2.31. The maximum absolute atomic E-state index is 14.5. The van der Waals surface area contributed by atoms with Gasteiger partial charge in [-0.3, -0.25) is 5.01 Å². The molecule has 2 heterocycles. The third-order valence-electron chi connectivity index (χ3n) is 3.27. The monoisotopic (exact) mass is 244 g/mol. The average Bonchev–Trinajstić information content (AvgIpc) is 2.67. The summed E-state index contributed by atoms with van der Waals surface area (Å²) in [5.41, 5.74) is 1.81. The zero-order valence-electron chi connectivity index (χ0n) is 10.2. The summed E-state index contributed by atoms with van der Waals surface area (Å²) < 4.78 is 14.5. The van der Waals surface area contributed by atoms with Crippen LogP contribution in [-0.4, -0.2) is 23.9 Å². The predicted molar refractivity (Wildman–Crippen MR) is 67.5 cm³/mol. The van der Waals surface area contributed by atoms with Crippen LogP contribution in [0.4, 0.5) is 4.39 Å². The third-order valence-corrected chi connectivity index (χ3v) is 3.27. The number of azo groups is 1. The van der Waals surface area contributed by atoms with Gasteiger partial charge in [0.2, 0.25) is 0 Å². The minimum Gasteiger partial charge on any atom is -0.273 e. The number of hydrogen-bond donors (Lipinski definition) is 0. The Labute approximate surface area is 105 Å².